The Morgan fingerprint density at radius 1 is 1.05 bits per heavy atom. The predicted molar refractivity (Wildman–Crippen MR) is 83.1 cm³/mol. The number of nitrogens with two attached hydrogens (primary N) is 1. The zero-order chi connectivity index (χ0) is 13.8. The van der Waals surface area contributed by atoms with Gasteiger partial charge in [-0.3, -0.25) is 0 Å². The largest absolute Gasteiger partial charge is 0.377 e. The summed E-state index contributed by atoms with van der Waals surface area (Å²) >= 11 is 12.0. The third kappa shape index (κ3) is 3.63. The van der Waals surface area contributed by atoms with Crippen LogP contribution in [0.3, 0.4) is 0 Å². The molecule has 3 N–H and O–H groups in total. The van der Waals surface area contributed by atoms with E-state index < -0.39 is 0 Å². The van der Waals surface area contributed by atoms with Crippen molar-refractivity contribution in [2.45, 2.75) is 13.0 Å². The van der Waals surface area contributed by atoms with Crippen LogP contribution in [0.2, 0.25) is 10.0 Å². The quantitative estimate of drug-likeness (QED) is 0.876. The number of nitrogens with one attached hydrogen (secondary N) is 1. The Kier molecular flexibility index (Phi) is 4.70. The van der Waals surface area contributed by atoms with Crippen LogP contribution in [0.5, 0.6) is 0 Å². The molecule has 0 spiro atoms. The van der Waals surface area contributed by atoms with Crippen molar-refractivity contribution in [2.75, 3.05) is 11.9 Å². The predicted octanol–water partition coefficient (Wildman–Crippen LogP) is 4.41. The molecular weight excluding hydrogens is 279 g/mol. The van der Waals surface area contributed by atoms with Gasteiger partial charge in [0.25, 0.3) is 0 Å². The summed E-state index contributed by atoms with van der Waals surface area (Å²) in [6.07, 6.45) is 0. The molecular formula is C15H16Cl2N2. The fraction of sp³-hybridized carbons (Fsp3) is 0.200. The maximum absolute atomic E-state index is 6.04. The van der Waals surface area contributed by atoms with Gasteiger partial charge in [0.15, 0.2) is 0 Å². The molecule has 100 valence electrons. The lowest BCUT2D eigenvalue weighted by atomic mass is 10.1. The van der Waals surface area contributed by atoms with Crippen molar-refractivity contribution in [2.24, 2.45) is 5.73 Å². The van der Waals surface area contributed by atoms with Crippen LogP contribution in [0.1, 0.15) is 17.2 Å². The molecule has 0 heterocycles. The Morgan fingerprint density at radius 2 is 1.74 bits per heavy atom. The molecule has 1 atom stereocenters. The lowest BCUT2D eigenvalue weighted by Crippen LogP contribution is -2.20. The summed E-state index contributed by atoms with van der Waals surface area (Å²) in [5.74, 6) is 0. The van der Waals surface area contributed by atoms with Crippen LogP contribution in [0, 0.1) is 6.92 Å². The van der Waals surface area contributed by atoms with Crippen LogP contribution in [0.4, 0.5) is 5.69 Å². The van der Waals surface area contributed by atoms with Gasteiger partial charge in [0.05, 0.1) is 16.1 Å². The number of anilines is 1. The van der Waals surface area contributed by atoms with E-state index in [1.165, 1.54) is 5.56 Å². The molecule has 0 aromatic heterocycles. The Bertz CT molecular complexity index is 553. The molecule has 0 fully saturated rings. The summed E-state index contributed by atoms with van der Waals surface area (Å²) in [5.41, 5.74) is 9.12. The first kappa shape index (κ1) is 14.2. The average Bonchev–Trinajstić information content (AvgIpc) is 2.41. The topological polar surface area (TPSA) is 38.0 Å². The maximum Gasteiger partial charge on any atom is 0.0636 e. The molecule has 0 radical (unpaired) electrons. The van der Waals surface area contributed by atoms with Crippen LogP contribution < -0.4 is 11.1 Å². The fourth-order valence-electron chi connectivity index (χ4n) is 1.86. The van der Waals surface area contributed by atoms with Gasteiger partial charge in [-0.25, -0.2) is 0 Å². The molecule has 0 saturated carbocycles. The van der Waals surface area contributed by atoms with E-state index in [2.05, 4.69) is 24.4 Å². The molecule has 0 bridgehead atoms. The van der Waals surface area contributed by atoms with Crippen LogP contribution in [-0.4, -0.2) is 6.54 Å². The van der Waals surface area contributed by atoms with E-state index in [0.29, 0.717) is 16.6 Å². The highest BCUT2D eigenvalue weighted by molar-refractivity contribution is 6.42. The Balaban J connectivity index is 2.19. The SMILES string of the molecule is Cc1ccc(NC(CN)c2ccc(Cl)c(Cl)c2)cc1. The third-order valence-electron chi connectivity index (χ3n) is 2.97. The van der Waals surface area contributed by atoms with Gasteiger partial charge < -0.3 is 11.1 Å². The molecule has 0 amide bonds. The van der Waals surface area contributed by atoms with Crippen molar-refractivity contribution in [3.8, 4) is 0 Å². The second kappa shape index (κ2) is 6.29. The first-order valence-corrected chi connectivity index (χ1v) is 6.84. The van der Waals surface area contributed by atoms with Gasteiger partial charge in [-0.15, -0.1) is 0 Å². The summed E-state index contributed by atoms with van der Waals surface area (Å²) < 4.78 is 0. The number of hydrogen-bond donors (Lipinski definition) is 2. The molecule has 0 aliphatic carbocycles. The first-order valence-electron chi connectivity index (χ1n) is 6.08. The first-order chi connectivity index (χ1) is 9.10. The molecule has 0 saturated heterocycles. The summed E-state index contributed by atoms with van der Waals surface area (Å²) in [5, 5.41) is 4.49. The van der Waals surface area contributed by atoms with Crippen molar-refractivity contribution in [1.29, 1.82) is 0 Å². The van der Waals surface area contributed by atoms with Crippen LogP contribution in [0.15, 0.2) is 42.5 Å². The maximum atomic E-state index is 6.04. The van der Waals surface area contributed by atoms with E-state index in [1.54, 1.807) is 6.07 Å². The standard InChI is InChI=1S/C15H16Cl2N2/c1-10-2-5-12(6-3-10)19-15(9-18)11-4-7-13(16)14(17)8-11/h2-8,15,19H,9,18H2,1H3. The van der Waals surface area contributed by atoms with Crippen molar-refractivity contribution in [3.63, 3.8) is 0 Å². The molecule has 2 aromatic carbocycles. The average molecular weight is 295 g/mol. The minimum atomic E-state index is 0.0115. The van der Waals surface area contributed by atoms with Crippen LogP contribution >= 0.6 is 23.2 Å². The molecule has 2 aromatic rings. The van der Waals surface area contributed by atoms with Gasteiger partial charge in [0.2, 0.25) is 0 Å². The van der Waals surface area contributed by atoms with Gasteiger partial charge in [-0.1, -0.05) is 47.0 Å². The van der Waals surface area contributed by atoms with Crippen molar-refractivity contribution in [1.82, 2.24) is 0 Å². The summed E-state index contributed by atoms with van der Waals surface area (Å²) in [6.45, 7) is 2.54. The highest BCUT2D eigenvalue weighted by Crippen LogP contribution is 2.27. The zero-order valence-corrected chi connectivity index (χ0v) is 12.2. The van der Waals surface area contributed by atoms with Gasteiger partial charge in [0.1, 0.15) is 0 Å². The van der Waals surface area contributed by atoms with E-state index in [0.717, 1.165) is 11.3 Å². The number of aryl methyl sites for hydroxylation is 1. The number of halogens is 2. The van der Waals surface area contributed by atoms with Crippen LogP contribution in [-0.2, 0) is 0 Å². The lowest BCUT2D eigenvalue weighted by Gasteiger charge is -2.19. The van der Waals surface area contributed by atoms with E-state index in [-0.39, 0.29) is 6.04 Å². The highest BCUT2D eigenvalue weighted by atomic mass is 35.5. The van der Waals surface area contributed by atoms with E-state index in [1.807, 2.05) is 24.3 Å². The number of benzene rings is 2. The normalized spacial score (nSPS) is 12.2. The molecule has 2 rings (SSSR count). The van der Waals surface area contributed by atoms with Gasteiger partial charge >= 0.3 is 0 Å². The molecule has 19 heavy (non-hydrogen) atoms. The van der Waals surface area contributed by atoms with Gasteiger partial charge in [-0.2, -0.15) is 0 Å². The van der Waals surface area contributed by atoms with Crippen LogP contribution in [0.25, 0.3) is 0 Å². The second-order valence-corrected chi connectivity index (χ2v) is 5.29. The highest BCUT2D eigenvalue weighted by Gasteiger charge is 2.11. The molecule has 0 aliphatic rings. The minimum Gasteiger partial charge on any atom is -0.377 e. The smallest absolute Gasteiger partial charge is 0.0636 e. The lowest BCUT2D eigenvalue weighted by molar-refractivity contribution is 0.790. The van der Waals surface area contributed by atoms with Crippen molar-refractivity contribution >= 4 is 28.9 Å². The number of hydrogen-bond acceptors (Lipinski definition) is 2. The number of rotatable bonds is 4. The Morgan fingerprint density at radius 3 is 2.32 bits per heavy atom. The molecule has 0 aliphatic heterocycles. The Hall–Kier alpha value is -1.22. The minimum absolute atomic E-state index is 0.0115. The summed E-state index contributed by atoms with van der Waals surface area (Å²) in [6, 6.07) is 13.8. The van der Waals surface area contributed by atoms with Crippen molar-refractivity contribution < 1.29 is 0 Å². The summed E-state index contributed by atoms with van der Waals surface area (Å²) in [7, 11) is 0. The fourth-order valence-corrected chi connectivity index (χ4v) is 2.16. The molecule has 4 heteroatoms. The van der Waals surface area contributed by atoms with E-state index in [4.69, 9.17) is 28.9 Å². The summed E-state index contributed by atoms with van der Waals surface area (Å²) in [4.78, 5) is 0. The van der Waals surface area contributed by atoms with E-state index >= 15 is 0 Å². The second-order valence-electron chi connectivity index (χ2n) is 4.47. The van der Waals surface area contributed by atoms with Crippen molar-refractivity contribution in [3.05, 3.63) is 63.6 Å². The zero-order valence-electron chi connectivity index (χ0n) is 10.7. The molecule has 1 unspecified atom stereocenters. The monoisotopic (exact) mass is 294 g/mol. The van der Waals surface area contributed by atoms with Gasteiger partial charge in [0, 0.05) is 12.2 Å². The molecule has 2 nitrogen and oxygen atoms in total. The Labute approximate surface area is 123 Å². The van der Waals surface area contributed by atoms with Gasteiger partial charge in [-0.05, 0) is 36.8 Å². The third-order valence-corrected chi connectivity index (χ3v) is 3.71. The van der Waals surface area contributed by atoms with E-state index in [9.17, 15) is 0 Å².